The lowest BCUT2D eigenvalue weighted by Crippen LogP contribution is -1.89. The molecule has 7 heteroatoms. The minimum atomic E-state index is 0.134. The molecule has 0 saturated heterocycles. The maximum atomic E-state index is 5.69. The van der Waals surface area contributed by atoms with Gasteiger partial charge in [-0.05, 0) is 23.6 Å². The summed E-state index contributed by atoms with van der Waals surface area (Å²) in [4.78, 5) is 6.11. The molecule has 0 N–H and O–H groups in total. The van der Waals surface area contributed by atoms with Crippen LogP contribution in [0.4, 0.5) is 0 Å². The van der Waals surface area contributed by atoms with Gasteiger partial charge in [-0.3, -0.25) is 0 Å². The highest BCUT2D eigenvalue weighted by atomic mass is 32.1. The molecule has 0 spiro atoms. The Morgan fingerprint density at radius 3 is 2.96 bits per heavy atom. The summed E-state index contributed by atoms with van der Waals surface area (Å²) >= 11 is 1.54. The van der Waals surface area contributed by atoms with Gasteiger partial charge in [-0.15, -0.1) is 21.5 Å². The van der Waals surface area contributed by atoms with E-state index in [1.807, 2.05) is 47.8 Å². The molecule has 3 heterocycles. The molecule has 1 aromatic carbocycles. The number of aromatic nitrogens is 2. The zero-order valence-corrected chi connectivity index (χ0v) is 13.4. The fourth-order valence-corrected chi connectivity index (χ4v) is 2.87. The average Bonchev–Trinajstić information content (AvgIpc) is 3.34. The van der Waals surface area contributed by atoms with Gasteiger partial charge in [-0.2, -0.15) is 0 Å². The summed E-state index contributed by atoms with van der Waals surface area (Å²) in [6, 6.07) is 13.7. The van der Waals surface area contributed by atoms with Crippen LogP contribution in [0.5, 0.6) is 0 Å². The highest BCUT2D eigenvalue weighted by molar-refractivity contribution is 7.13. The summed E-state index contributed by atoms with van der Waals surface area (Å²) in [7, 11) is 0. The molecule has 0 radical (unpaired) electrons. The predicted molar refractivity (Wildman–Crippen MR) is 90.8 cm³/mol. The van der Waals surface area contributed by atoms with Crippen LogP contribution in [0.2, 0.25) is 0 Å². The Labute approximate surface area is 141 Å². The standard InChI is InChI=1S/C17H13N3O3S/c1-2-5-14-12(4-1)10-13(22-14)7-8-18-21-11-16-19-20-17(23-16)15-6-3-9-24-15/h1-6,8-10H,7,11H2. The number of nitrogens with zero attached hydrogens (tertiary/aromatic N) is 3. The second kappa shape index (κ2) is 6.67. The van der Waals surface area contributed by atoms with Crippen LogP contribution >= 0.6 is 11.3 Å². The third-order valence-corrected chi connectivity index (χ3v) is 4.16. The Bertz CT molecular complexity index is 923. The normalized spacial score (nSPS) is 11.5. The zero-order chi connectivity index (χ0) is 16.2. The molecule has 0 saturated carbocycles. The molecule has 4 aromatic rings. The topological polar surface area (TPSA) is 73.7 Å². The molecular weight excluding hydrogens is 326 g/mol. The molecule has 0 aliphatic heterocycles. The molecule has 4 rings (SSSR count). The van der Waals surface area contributed by atoms with E-state index in [1.54, 1.807) is 17.6 Å². The van der Waals surface area contributed by atoms with Crippen molar-refractivity contribution < 1.29 is 13.7 Å². The Kier molecular flexibility index (Phi) is 4.07. The van der Waals surface area contributed by atoms with Crippen molar-refractivity contribution in [3.05, 3.63) is 59.5 Å². The van der Waals surface area contributed by atoms with Gasteiger partial charge >= 0.3 is 0 Å². The van der Waals surface area contributed by atoms with Gasteiger partial charge in [0.05, 0.1) is 11.1 Å². The maximum absolute atomic E-state index is 5.69. The van der Waals surface area contributed by atoms with Crippen LogP contribution in [0, 0.1) is 0 Å². The molecule has 0 aliphatic rings. The van der Waals surface area contributed by atoms with Crippen LogP contribution in [0.3, 0.4) is 0 Å². The van der Waals surface area contributed by atoms with E-state index in [4.69, 9.17) is 13.7 Å². The highest BCUT2D eigenvalue weighted by Crippen LogP contribution is 2.23. The molecular formula is C17H13N3O3S. The van der Waals surface area contributed by atoms with Gasteiger partial charge in [0.2, 0.25) is 0 Å². The molecule has 3 aromatic heterocycles. The van der Waals surface area contributed by atoms with Crippen LogP contribution in [0.15, 0.2) is 61.8 Å². The van der Waals surface area contributed by atoms with E-state index < -0.39 is 0 Å². The van der Waals surface area contributed by atoms with Gasteiger partial charge in [0.15, 0.2) is 6.61 Å². The van der Waals surface area contributed by atoms with Crippen molar-refractivity contribution in [3.8, 4) is 10.8 Å². The number of rotatable bonds is 6. The average molecular weight is 339 g/mol. The van der Waals surface area contributed by atoms with Gasteiger partial charge in [0.25, 0.3) is 11.8 Å². The minimum Gasteiger partial charge on any atom is -0.461 e. The molecule has 0 aliphatic carbocycles. The fourth-order valence-electron chi connectivity index (χ4n) is 2.22. The van der Waals surface area contributed by atoms with Crippen LogP contribution in [0.1, 0.15) is 11.7 Å². The van der Waals surface area contributed by atoms with Gasteiger partial charge in [-0.25, -0.2) is 0 Å². The van der Waals surface area contributed by atoms with Crippen molar-refractivity contribution in [3.63, 3.8) is 0 Å². The first-order chi connectivity index (χ1) is 11.9. The second-order valence-corrected chi connectivity index (χ2v) is 5.94. The highest BCUT2D eigenvalue weighted by Gasteiger charge is 2.09. The smallest absolute Gasteiger partial charge is 0.257 e. The molecule has 0 fully saturated rings. The third-order valence-electron chi connectivity index (χ3n) is 3.30. The monoisotopic (exact) mass is 339 g/mol. The van der Waals surface area contributed by atoms with Gasteiger partial charge in [0, 0.05) is 11.8 Å². The molecule has 24 heavy (non-hydrogen) atoms. The quantitative estimate of drug-likeness (QED) is 0.387. The first-order valence-electron chi connectivity index (χ1n) is 7.36. The maximum Gasteiger partial charge on any atom is 0.257 e. The van der Waals surface area contributed by atoms with Crippen LogP contribution < -0.4 is 0 Å². The van der Waals surface area contributed by atoms with Crippen LogP contribution in [0.25, 0.3) is 21.7 Å². The van der Waals surface area contributed by atoms with Crippen molar-refractivity contribution in [2.24, 2.45) is 5.16 Å². The van der Waals surface area contributed by atoms with E-state index in [9.17, 15) is 0 Å². The number of oxime groups is 1. The van der Waals surface area contributed by atoms with Gasteiger partial charge < -0.3 is 13.7 Å². The van der Waals surface area contributed by atoms with E-state index >= 15 is 0 Å². The summed E-state index contributed by atoms with van der Waals surface area (Å²) < 4.78 is 11.2. The van der Waals surface area contributed by atoms with Crippen molar-refractivity contribution in [2.75, 3.05) is 0 Å². The number of furan rings is 1. The van der Waals surface area contributed by atoms with E-state index in [-0.39, 0.29) is 6.61 Å². The molecule has 0 bridgehead atoms. The minimum absolute atomic E-state index is 0.134. The summed E-state index contributed by atoms with van der Waals surface area (Å²) in [5, 5.41) is 14.8. The Hall–Kier alpha value is -2.93. The van der Waals surface area contributed by atoms with Crippen LogP contribution in [-0.2, 0) is 17.9 Å². The number of benzene rings is 1. The van der Waals surface area contributed by atoms with Crippen LogP contribution in [-0.4, -0.2) is 16.4 Å². The van der Waals surface area contributed by atoms with E-state index in [1.165, 1.54) is 0 Å². The van der Waals surface area contributed by atoms with Crippen molar-refractivity contribution >= 4 is 28.5 Å². The first-order valence-corrected chi connectivity index (χ1v) is 8.24. The van der Waals surface area contributed by atoms with E-state index in [2.05, 4.69) is 15.4 Å². The number of hydrogen-bond acceptors (Lipinski definition) is 7. The SMILES string of the molecule is C(Cc1cc2ccccc2o1)=NOCc1nnc(-c2cccs2)o1. The fraction of sp³-hybridized carbons (Fsp3) is 0.118. The second-order valence-electron chi connectivity index (χ2n) is 4.99. The lowest BCUT2D eigenvalue weighted by atomic mass is 10.2. The largest absolute Gasteiger partial charge is 0.461 e. The first kappa shape index (κ1) is 14.6. The lowest BCUT2D eigenvalue weighted by Gasteiger charge is -1.93. The number of fused-ring (bicyclic) bond motifs is 1. The summed E-state index contributed by atoms with van der Waals surface area (Å²) in [5.41, 5.74) is 0.869. The van der Waals surface area contributed by atoms with Crippen molar-refractivity contribution in [2.45, 2.75) is 13.0 Å². The lowest BCUT2D eigenvalue weighted by molar-refractivity contribution is 0.112. The molecule has 6 nitrogen and oxygen atoms in total. The molecule has 0 unspecified atom stereocenters. The zero-order valence-electron chi connectivity index (χ0n) is 12.6. The van der Waals surface area contributed by atoms with E-state index in [0.717, 1.165) is 21.6 Å². The van der Waals surface area contributed by atoms with E-state index in [0.29, 0.717) is 18.2 Å². The molecule has 0 atom stereocenters. The van der Waals surface area contributed by atoms with Gasteiger partial charge in [0.1, 0.15) is 11.3 Å². The molecule has 0 amide bonds. The predicted octanol–water partition coefficient (Wildman–Crippen LogP) is 4.29. The summed E-state index contributed by atoms with van der Waals surface area (Å²) in [5.74, 6) is 1.72. The number of para-hydroxylation sites is 1. The number of hydrogen-bond donors (Lipinski definition) is 0. The van der Waals surface area contributed by atoms with Crippen molar-refractivity contribution in [1.29, 1.82) is 0 Å². The Morgan fingerprint density at radius 1 is 1.12 bits per heavy atom. The summed E-state index contributed by atoms with van der Waals surface area (Å²) in [6.45, 7) is 0.134. The Balaban J connectivity index is 1.30. The Morgan fingerprint density at radius 2 is 2.08 bits per heavy atom. The molecule has 120 valence electrons. The summed E-state index contributed by atoms with van der Waals surface area (Å²) in [6.07, 6.45) is 2.20. The number of thiophene rings is 1. The third kappa shape index (κ3) is 3.21. The van der Waals surface area contributed by atoms with Gasteiger partial charge in [-0.1, -0.05) is 29.4 Å². The van der Waals surface area contributed by atoms with Crippen molar-refractivity contribution in [1.82, 2.24) is 10.2 Å².